The maximum Gasteiger partial charge on any atom is 0.326 e. The molecule has 2 amide bonds. The van der Waals surface area contributed by atoms with Gasteiger partial charge in [-0.15, -0.1) is 0 Å². The second-order valence-corrected chi connectivity index (χ2v) is 5.66. The van der Waals surface area contributed by atoms with Crippen molar-refractivity contribution in [2.24, 2.45) is 0 Å². The van der Waals surface area contributed by atoms with Crippen LogP contribution in [0.15, 0.2) is 0 Å². The van der Waals surface area contributed by atoms with Gasteiger partial charge in [-0.1, -0.05) is 19.8 Å². The number of carboxylic acids is 1. The predicted molar refractivity (Wildman–Crippen MR) is 77.8 cm³/mol. The molecule has 0 radical (unpaired) electrons. The Balaban J connectivity index is 2.43. The average molecular weight is 285 g/mol. The molecule has 1 atom stereocenters. The summed E-state index contributed by atoms with van der Waals surface area (Å²) in [5.74, 6) is -0.949. The van der Waals surface area contributed by atoms with Crippen LogP contribution in [0.1, 0.15) is 39.0 Å². The molecule has 20 heavy (non-hydrogen) atoms. The van der Waals surface area contributed by atoms with Gasteiger partial charge in [-0.05, 0) is 33.4 Å². The SMILES string of the molecule is CCCC[C@H](NC(=O)N1CCC(N(C)C)CC1)C(=O)O. The van der Waals surface area contributed by atoms with Crippen molar-refractivity contribution in [3.63, 3.8) is 0 Å². The third-order valence-electron chi connectivity index (χ3n) is 3.92. The minimum absolute atomic E-state index is 0.245. The van der Waals surface area contributed by atoms with Crippen LogP contribution in [0.25, 0.3) is 0 Å². The highest BCUT2D eigenvalue weighted by Crippen LogP contribution is 2.14. The molecule has 0 aromatic heterocycles. The number of amides is 2. The fourth-order valence-corrected chi connectivity index (χ4v) is 2.49. The number of likely N-dealkylation sites (tertiary alicyclic amines) is 1. The Morgan fingerprint density at radius 3 is 2.40 bits per heavy atom. The summed E-state index contributed by atoms with van der Waals surface area (Å²) in [7, 11) is 4.09. The van der Waals surface area contributed by atoms with Crippen LogP contribution in [0.4, 0.5) is 4.79 Å². The van der Waals surface area contributed by atoms with Crippen molar-refractivity contribution in [2.75, 3.05) is 27.2 Å². The van der Waals surface area contributed by atoms with Crippen molar-refractivity contribution >= 4 is 12.0 Å². The molecule has 0 aromatic carbocycles. The Kier molecular flexibility index (Phi) is 6.78. The number of carbonyl (C=O) groups excluding carboxylic acids is 1. The smallest absolute Gasteiger partial charge is 0.326 e. The summed E-state index contributed by atoms with van der Waals surface area (Å²) in [6.07, 6.45) is 4.10. The summed E-state index contributed by atoms with van der Waals surface area (Å²) >= 11 is 0. The molecule has 1 rings (SSSR count). The first-order chi connectivity index (χ1) is 9.45. The van der Waals surface area contributed by atoms with Gasteiger partial charge < -0.3 is 20.2 Å². The maximum atomic E-state index is 12.1. The Morgan fingerprint density at radius 1 is 1.35 bits per heavy atom. The van der Waals surface area contributed by atoms with Gasteiger partial charge in [0.1, 0.15) is 6.04 Å². The Bertz CT molecular complexity index is 326. The molecule has 1 aliphatic heterocycles. The standard InChI is InChI=1S/C14H27N3O3/c1-4-5-6-12(13(18)19)15-14(20)17-9-7-11(8-10-17)16(2)3/h11-12H,4-10H2,1-3H3,(H,15,20)(H,18,19)/t12-/m0/s1. The molecule has 1 aliphatic rings. The van der Waals surface area contributed by atoms with Crippen molar-refractivity contribution in [2.45, 2.75) is 51.1 Å². The first kappa shape index (κ1) is 16.8. The van der Waals surface area contributed by atoms with Crippen LogP contribution in [-0.2, 0) is 4.79 Å². The third-order valence-corrected chi connectivity index (χ3v) is 3.92. The van der Waals surface area contributed by atoms with Crippen LogP contribution in [0, 0.1) is 0 Å². The van der Waals surface area contributed by atoms with Crippen LogP contribution < -0.4 is 5.32 Å². The Labute approximate surface area is 121 Å². The lowest BCUT2D eigenvalue weighted by molar-refractivity contribution is -0.139. The number of rotatable bonds is 6. The highest BCUT2D eigenvalue weighted by atomic mass is 16.4. The summed E-state index contributed by atoms with van der Waals surface area (Å²) < 4.78 is 0. The number of piperidine rings is 1. The van der Waals surface area contributed by atoms with Gasteiger partial charge in [0.05, 0.1) is 0 Å². The molecule has 6 nitrogen and oxygen atoms in total. The number of hydrogen-bond acceptors (Lipinski definition) is 3. The van der Waals surface area contributed by atoms with Crippen LogP contribution >= 0.6 is 0 Å². The van der Waals surface area contributed by atoms with Crippen molar-refractivity contribution in [3.05, 3.63) is 0 Å². The zero-order valence-corrected chi connectivity index (χ0v) is 12.8. The number of nitrogens with zero attached hydrogens (tertiary/aromatic N) is 2. The molecular formula is C14H27N3O3. The van der Waals surface area contributed by atoms with E-state index in [0.717, 1.165) is 25.7 Å². The van der Waals surface area contributed by atoms with Gasteiger partial charge >= 0.3 is 12.0 Å². The minimum Gasteiger partial charge on any atom is -0.480 e. The average Bonchev–Trinajstić information content (AvgIpc) is 2.42. The zero-order chi connectivity index (χ0) is 15.1. The van der Waals surface area contributed by atoms with Gasteiger partial charge in [-0.25, -0.2) is 9.59 Å². The van der Waals surface area contributed by atoms with E-state index >= 15 is 0 Å². The van der Waals surface area contributed by atoms with E-state index in [2.05, 4.69) is 10.2 Å². The molecule has 6 heteroatoms. The van der Waals surface area contributed by atoms with E-state index < -0.39 is 12.0 Å². The molecule has 0 aromatic rings. The van der Waals surface area contributed by atoms with Gasteiger partial charge in [-0.3, -0.25) is 0 Å². The van der Waals surface area contributed by atoms with Gasteiger partial charge in [0.15, 0.2) is 0 Å². The van der Waals surface area contributed by atoms with Crippen molar-refractivity contribution < 1.29 is 14.7 Å². The first-order valence-electron chi connectivity index (χ1n) is 7.40. The summed E-state index contributed by atoms with van der Waals surface area (Å²) in [6.45, 7) is 3.39. The summed E-state index contributed by atoms with van der Waals surface area (Å²) in [5, 5.41) is 11.8. The van der Waals surface area contributed by atoms with Gasteiger partial charge in [0.2, 0.25) is 0 Å². The van der Waals surface area contributed by atoms with Crippen LogP contribution in [0.3, 0.4) is 0 Å². The zero-order valence-electron chi connectivity index (χ0n) is 12.8. The number of carboxylic acid groups (broad SMARTS) is 1. The van der Waals surface area contributed by atoms with E-state index in [9.17, 15) is 9.59 Å². The van der Waals surface area contributed by atoms with Gasteiger partial charge in [0.25, 0.3) is 0 Å². The maximum absolute atomic E-state index is 12.1. The number of aliphatic carboxylic acids is 1. The molecule has 1 heterocycles. The summed E-state index contributed by atoms with van der Waals surface area (Å²) in [6, 6.07) is -0.505. The normalized spacial score (nSPS) is 18.1. The van der Waals surface area contributed by atoms with E-state index in [4.69, 9.17) is 5.11 Å². The monoisotopic (exact) mass is 285 g/mol. The highest BCUT2D eigenvalue weighted by molar-refractivity contribution is 5.82. The molecule has 2 N–H and O–H groups in total. The summed E-state index contributed by atoms with van der Waals surface area (Å²) in [5.41, 5.74) is 0. The largest absolute Gasteiger partial charge is 0.480 e. The predicted octanol–water partition coefficient (Wildman–Crippen LogP) is 1.37. The fourth-order valence-electron chi connectivity index (χ4n) is 2.49. The van der Waals surface area contributed by atoms with E-state index in [1.165, 1.54) is 0 Å². The molecule has 0 saturated carbocycles. The lowest BCUT2D eigenvalue weighted by Crippen LogP contribution is -2.52. The van der Waals surface area contributed by atoms with E-state index in [1.54, 1.807) is 4.90 Å². The van der Waals surface area contributed by atoms with Gasteiger partial charge in [0, 0.05) is 19.1 Å². The molecule has 0 bridgehead atoms. The van der Waals surface area contributed by atoms with Crippen molar-refractivity contribution in [1.29, 1.82) is 0 Å². The molecule has 0 aliphatic carbocycles. The number of hydrogen-bond donors (Lipinski definition) is 2. The van der Waals surface area contributed by atoms with E-state index in [0.29, 0.717) is 25.6 Å². The van der Waals surface area contributed by atoms with Crippen molar-refractivity contribution in [1.82, 2.24) is 15.1 Å². The number of nitrogens with one attached hydrogen (secondary N) is 1. The summed E-state index contributed by atoms with van der Waals surface area (Å²) in [4.78, 5) is 27.1. The fraction of sp³-hybridized carbons (Fsp3) is 0.857. The number of unbranched alkanes of at least 4 members (excludes halogenated alkanes) is 1. The third kappa shape index (κ3) is 5.00. The Morgan fingerprint density at radius 2 is 1.95 bits per heavy atom. The number of carbonyl (C=O) groups is 2. The topological polar surface area (TPSA) is 72.9 Å². The van der Waals surface area contributed by atoms with Crippen molar-refractivity contribution in [3.8, 4) is 0 Å². The second-order valence-electron chi connectivity index (χ2n) is 5.66. The quantitative estimate of drug-likeness (QED) is 0.773. The molecule has 0 spiro atoms. The van der Waals surface area contributed by atoms with E-state index in [-0.39, 0.29) is 6.03 Å². The molecule has 0 unspecified atom stereocenters. The van der Waals surface area contributed by atoms with Crippen LogP contribution in [0.5, 0.6) is 0 Å². The molecule has 1 saturated heterocycles. The molecular weight excluding hydrogens is 258 g/mol. The van der Waals surface area contributed by atoms with E-state index in [1.807, 2.05) is 21.0 Å². The Hall–Kier alpha value is -1.30. The number of urea groups is 1. The first-order valence-corrected chi connectivity index (χ1v) is 7.40. The van der Waals surface area contributed by atoms with Gasteiger partial charge in [-0.2, -0.15) is 0 Å². The van der Waals surface area contributed by atoms with Crippen LogP contribution in [-0.4, -0.2) is 66.2 Å². The lowest BCUT2D eigenvalue weighted by atomic mass is 10.0. The lowest BCUT2D eigenvalue weighted by Gasteiger charge is -2.35. The minimum atomic E-state index is -0.949. The molecule has 1 fully saturated rings. The highest BCUT2D eigenvalue weighted by Gasteiger charge is 2.26. The van der Waals surface area contributed by atoms with Crippen LogP contribution in [0.2, 0.25) is 0 Å². The second kappa shape index (κ2) is 8.09. The molecule has 116 valence electrons.